The molecule has 0 saturated heterocycles. The summed E-state index contributed by atoms with van der Waals surface area (Å²) in [7, 11) is 0. The maximum Gasteiger partial charge on any atom is 0.406 e. The summed E-state index contributed by atoms with van der Waals surface area (Å²) in [4.78, 5) is 31.7. The molecule has 14 heteroatoms. The number of carboxylic acid groups (broad SMARTS) is 2. The second-order valence-electron chi connectivity index (χ2n) is 5.67. The third-order valence-corrected chi connectivity index (χ3v) is 3.58. The lowest BCUT2D eigenvalue weighted by Gasteiger charge is -2.21. The fourth-order valence-corrected chi connectivity index (χ4v) is 2.36. The van der Waals surface area contributed by atoms with Crippen molar-refractivity contribution in [3.05, 3.63) is 52.3 Å². The highest BCUT2D eigenvalue weighted by atomic mass is 35.5. The molecule has 1 aromatic carbocycles. The van der Waals surface area contributed by atoms with E-state index in [0.29, 0.717) is 11.8 Å². The predicted molar refractivity (Wildman–Crippen MR) is 88.7 cm³/mol. The molecule has 3 N–H and O–H groups in total. The second kappa shape index (κ2) is 9.15. The number of nitrogens with zero attached hydrogens (tertiary/aromatic N) is 1. The number of hydrogen-bond donors (Lipinski definition) is 3. The van der Waals surface area contributed by atoms with Gasteiger partial charge in [-0.05, 0) is 42.3 Å². The Balaban J connectivity index is 0.000000311. The maximum absolute atomic E-state index is 12.3. The van der Waals surface area contributed by atoms with Gasteiger partial charge in [-0.3, -0.25) is 9.89 Å². The number of alkyl halides is 6. The molecular weight excluding hydrogens is 450 g/mol. The number of aromatic amines is 1. The number of aromatic carboxylic acids is 2. The molecule has 0 bridgehead atoms. The van der Waals surface area contributed by atoms with Crippen molar-refractivity contribution in [1.29, 1.82) is 0 Å². The SMILES string of the molecule is Cc1cc(C(=O)O)cc(C(=O)O)c1.O=C(Cl)c1c[nH]nc1C(C(F)(F)F)C(F)(F)F. The quantitative estimate of drug-likeness (QED) is 0.460. The van der Waals surface area contributed by atoms with Gasteiger partial charge in [-0.15, -0.1) is 0 Å². The molecule has 0 saturated carbocycles. The highest BCUT2D eigenvalue weighted by Crippen LogP contribution is 2.46. The summed E-state index contributed by atoms with van der Waals surface area (Å²) in [6.45, 7) is 1.65. The molecule has 2 aromatic rings. The van der Waals surface area contributed by atoms with E-state index in [0.717, 1.165) is 6.07 Å². The van der Waals surface area contributed by atoms with Gasteiger partial charge in [0.1, 0.15) is 0 Å². The summed E-state index contributed by atoms with van der Waals surface area (Å²) in [6, 6.07) is 3.99. The number of carboxylic acids is 2. The van der Waals surface area contributed by atoms with Gasteiger partial charge in [0, 0.05) is 6.20 Å². The van der Waals surface area contributed by atoms with Crippen LogP contribution in [-0.2, 0) is 0 Å². The first kappa shape index (κ1) is 24.9. The van der Waals surface area contributed by atoms with E-state index in [1.807, 2.05) is 0 Å². The van der Waals surface area contributed by atoms with Gasteiger partial charge >= 0.3 is 24.3 Å². The first-order chi connectivity index (χ1) is 13.6. The molecule has 0 unspecified atom stereocenters. The molecule has 30 heavy (non-hydrogen) atoms. The second-order valence-corrected chi connectivity index (χ2v) is 6.02. The van der Waals surface area contributed by atoms with Gasteiger partial charge in [0.05, 0.1) is 22.4 Å². The Morgan fingerprint density at radius 2 is 1.40 bits per heavy atom. The van der Waals surface area contributed by atoms with Crippen LogP contribution in [0.1, 0.15) is 48.2 Å². The van der Waals surface area contributed by atoms with Crippen LogP contribution in [0.3, 0.4) is 0 Å². The third kappa shape index (κ3) is 6.47. The van der Waals surface area contributed by atoms with Crippen LogP contribution in [0.4, 0.5) is 26.3 Å². The van der Waals surface area contributed by atoms with E-state index in [-0.39, 0.29) is 11.1 Å². The molecule has 0 amide bonds. The Hall–Kier alpha value is -3.09. The molecule has 2 rings (SSSR count). The van der Waals surface area contributed by atoms with Gasteiger partial charge in [0.15, 0.2) is 5.92 Å². The minimum Gasteiger partial charge on any atom is -0.478 e. The summed E-state index contributed by atoms with van der Waals surface area (Å²) < 4.78 is 73.8. The van der Waals surface area contributed by atoms with Gasteiger partial charge in [-0.25, -0.2) is 9.59 Å². The topological polar surface area (TPSA) is 120 Å². The number of carbonyl (C=O) groups is 3. The molecule has 0 fully saturated rings. The first-order valence-corrected chi connectivity index (χ1v) is 7.88. The highest BCUT2D eigenvalue weighted by molar-refractivity contribution is 6.67. The van der Waals surface area contributed by atoms with Crippen molar-refractivity contribution in [3.63, 3.8) is 0 Å². The van der Waals surface area contributed by atoms with Crippen LogP contribution in [0, 0.1) is 6.92 Å². The monoisotopic (exact) mass is 460 g/mol. The van der Waals surface area contributed by atoms with Crippen molar-refractivity contribution in [2.24, 2.45) is 0 Å². The average molecular weight is 461 g/mol. The molecule has 0 aliphatic rings. The zero-order valence-electron chi connectivity index (χ0n) is 14.6. The Morgan fingerprint density at radius 1 is 0.967 bits per heavy atom. The van der Waals surface area contributed by atoms with Crippen LogP contribution in [0.2, 0.25) is 0 Å². The van der Waals surface area contributed by atoms with Crippen LogP contribution in [0.15, 0.2) is 24.4 Å². The zero-order chi connectivity index (χ0) is 23.4. The van der Waals surface area contributed by atoms with E-state index in [1.54, 1.807) is 12.0 Å². The zero-order valence-corrected chi connectivity index (χ0v) is 15.4. The van der Waals surface area contributed by atoms with Crippen molar-refractivity contribution in [1.82, 2.24) is 10.2 Å². The van der Waals surface area contributed by atoms with Crippen LogP contribution < -0.4 is 0 Å². The molecule has 7 nitrogen and oxygen atoms in total. The molecule has 1 heterocycles. The minimum atomic E-state index is -5.62. The number of halogens is 7. The molecule has 164 valence electrons. The summed E-state index contributed by atoms with van der Waals surface area (Å²) in [6.07, 6.45) is -10.7. The fourth-order valence-electron chi connectivity index (χ4n) is 2.20. The Kier molecular flexibility index (Phi) is 7.61. The third-order valence-electron chi connectivity index (χ3n) is 3.38. The van der Waals surface area contributed by atoms with Crippen LogP contribution in [-0.4, -0.2) is 49.9 Å². The predicted octanol–water partition coefficient (Wildman–Crippen LogP) is 4.39. The van der Waals surface area contributed by atoms with Gasteiger partial charge < -0.3 is 10.2 Å². The Morgan fingerprint density at radius 3 is 1.73 bits per heavy atom. The molecule has 1 aromatic heterocycles. The lowest BCUT2D eigenvalue weighted by atomic mass is 10.0. The smallest absolute Gasteiger partial charge is 0.406 e. The Bertz CT molecular complexity index is 908. The largest absolute Gasteiger partial charge is 0.478 e. The molecule has 0 aliphatic heterocycles. The molecule has 0 spiro atoms. The number of benzene rings is 1. The number of nitrogens with one attached hydrogen (secondary N) is 1. The Labute approximate surface area is 168 Å². The van der Waals surface area contributed by atoms with E-state index in [9.17, 15) is 40.7 Å². The van der Waals surface area contributed by atoms with Gasteiger partial charge in [0.2, 0.25) is 0 Å². The number of carbonyl (C=O) groups excluding carboxylic acids is 1. The minimum absolute atomic E-state index is 0.00241. The van der Waals surface area contributed by atoms with Crippen LogP contribution >= 0.6 is 11.6 Å². The highest BCUT2D eigenvalue weighted by Gasteiger charge is 2.59. The summed E-state index contributed by atoms with van der Waals surface area (Å²) >= 11 is 4.86. The van der Waals surface area contributed by atoms with Gasteiger partial charge in [0.25, 0.3) is 5.24 Å². The van der Waals surface area contributed by atoms with Crippen molar-refractivity contribution >= 4 is 28.8 Å². The maximum atomic E-state index is 12.3. The lowest BCUT2D eigenvalue weighted by Crippen LogP contribution is -2.35. The summed E-state index contributed by atoms with van der Waals surface area (Å²) in [5.74, 6) is -6.09. The van der Waals surface area contributed by atoms with E-state index in [2.05, 4.69) is 5.10 Å². The van der Waals surface area contributed by atoms with Crippen molar-refractivity contribution in [3.8, 4) is 0 Å². The fraction of sp³-hybridized carbons (Fsp3) is 0.250. The normalized spacial score (nSPS) is 11.6. The first-order valence-electron chi connectivity index (χ1n) is 7.51. The van der Waals surface area contributed by atoms with Crippen LogP contribution in [0.25, 0.3) is 0 Å². The number of rotatable bonds is 4. The number of hydrogen-bond acceptors (Lipinski definition) is 4. The number of H-pyrrole nitrogens is 1. The molecular formula is C16H11ClF6N2O5. The summed E-state index contributed by atoms with van der Waals surface area (Å²) in [5.41, 5.74) is -1.82. The van der Waals surface area contributed by atoms with E-state index >= 15 is 0 Å². The number of aromatic nitrogens is 2. The van der Waals surface area contributed by atoms with Crippen molar-refractivity contribution < 1.29 is 50.9 Å². The van der Waals surface area contributed by atoms with Gasteiger partial charge in [-0.1, -0.05) is 0 Å². The van der Waals surface area contributed by atoms with Crippen molar-refractivity contribution in [2.75, 3.05) is 0 Å². The molecule has 0 aliphatic carbocycles. The molecule has 0 atom stereocenters. The lowest BCUT2D eigenvalue weighted by molar-refractivity contribution is -0.254. The average Bonchev–Trinajstić information content (AvgIpc) is 3.00. The van der Waals surface area contributed by atoms with E-state index in [4.69, 9.17) is 21.8 Å². The van der Waals surface area contributed by atoms with Crippen LogP contribution in [0.5, 0.6) is 0 Å². The number of aryl methyl sites for hydroxylation is 1. The molecule has 0 radical (unpaired) electrons. The standard InChI is InChI=1S/C9H8O4.C7H3ClF6N2O/c1-5-2-6(8(10)11)4-7(3-5)9(12)13;8-5(17)2-1-15-16-3(2)4(6(9,10)11)7(12,13)14/h2-4H,1H3,(H,10,11)(H,12,13);1,4H,(H,15,16). The van der Waals surface area contributed by atoms with E-state index < -0.39 is 46.7 Å². The van der Waals surface area contributed by atoms with E-state index in [1.165, 1.54) is 12.1 Å². The summed E-state index contributed by atoms with van der Waals surface area (Å²) in [5, 5.41) is 20.3. The van der Waals surface area contributed by atoms with Crippen molar-refractivity contribution in [2.45, 2.75) is 25.2 Å². The van der Waals surface area contributed by atoms with Gasteiger partial charge in [-0.2, -0.15) is 31.4 Å².